The Morgan fingerprint density at radius 2 is 1.89 bits per heavy atom. The zero-order valence-corrected chi connectivity index (χ0v) is 12.9. The molecule has 1 aliphatic rings. The molecule has 0 aromatic carbocycles. The van der Waals surface area contributed by atoms with Gasteiger partial charge in [-0.3, -0.25) is 4.98 Å². The van der Waals surface area contributed by atoms with E-state index in [1.807, 2.05) is 12.3 Å². The van der Waals surface area contributed by atoms with Crippen LogP contribution in [0.15, 0.2) is 18.3 Å². The van der Waals surface area contributed by atoms with Gasteiger partial charge < -0.3 is 10.6 Å². The summed E-state index contributed by atoms with van der Waals surface area (Å²) in [6.07, 6.45) is 4.18. The van der Waals surface area contributed by atoms with Gasteiger partial charge in [0.25, 0.3) is 0 Å². The van der Waals surface area contributed by atoms with Gasteiger partial charge in [-0.1, -0.05) is 6.07 Å². The first kappa shape index (κ1) is 14.5. The molecule has 0 saturated carbocycles. The average molecular weight is 261 g/mol. The Kier molecular flexibility index (Phi) is 3.98. The minimum absolute atomic E-state index is 0.198. The Hall–Kier alpha value is -0.930. The van der Waals surface area contributed by atoms with E-state index in [0.29, 0.717) is 6.04 Å². The number of pyridine rings is 1. The number of hydrogen-bond donors (Lipinski definition) is 2. The number of rotatable bonds is 3. The molecule has 3 heteroatoms. The van der Waals surface area contributed by atoms with Crippen molar-refractivity contribution in [2.24, 2.45) is 0 Å². The van der Waals surface area contributed by atoms with Crippen molar-refractivity contribution < 1.29 is 0 Å². The van der Waals surface area contributed by atoms with Crippen LogP contribution in [0.3, 0.4) is 0 Å². The Bertz CT molecular complexity index is 421. The summed E-state index contributed by atoms with van der Waals surface area (Å²) >= 11 is 0. The third-order valence-electron chi connectivity index (χ3n) is 3.89. The fourth-order valence-corrected chi connectivity index (χ4v) is 3.43. The van der Waals surface area contributed by atoms with Crippen LogP contribution in [0.2, 0.25) is 0 Å². The molecule has 1 aliphatic heterocycles. The van der Waals surface area contributed by atoms with Crippen molar-refractivity contribution >= 4 is 0 Å². The molecule has 19 heavy (non-hydrogen) atoms. The van der Waals surface area contributed by atoms with E-state index in [1.165, 1.54) is 5.56 Å². The number of aromatic nitrogens is 1. The van der Waals surface area contributed by atoms with Crippen LogP contribution in [0.4, 0.5) is 0 Å². The predicted molar refractivity (Wildman–Crippen MR) is 80.1 cm³/mol. The minimum Gasteiger partial charge on any atom is -0.310 e. The monoisotopic (exact) mass is 261 g/mol. The van der Waals surface area contributed by atoms with E-state index >= 15 is 0 Å². The first-order valence-corrected chi connectivity index (χ1v) is 7.21. The quantitative estimate of drug-likeness (QED) is 0.878. The summed E-state index contributed by atoms with van der Waals surface area (Å²) in [6, 6.07) is 4.73. The van der Waals surface area contributed by atoms with Crippen LogP contribution < -0.4 is 10.6 Å². The van der Waals surface area contributed by atoms with E-state index in [-0.39, 0.29) is 11.1 Å². The lowest BCUT2D eigenvalue weighted by molar-refractivity contribution is 0.145. The Balaban J connectivity index is 1.98. The molecule has 2 heterocycles. The molecule has 2 N–H and O–H groups in total. The van der Waals surface area contributed by atoms with Crippen molar-refractivity contribution in [1.82, 2.24) is 15.6 Å². The first-order chi connectivity index (χ1) is 8.77. The van der Waals surface area contributed by atoms with Gasteiger partial charge in [0.15, 0.2) is 0 Å². The van der Waals surface area contributed by atoms with Gasteiger partial charge in [-0.15, -0.1) is 0 Å². The molecule has 1 aromatic rings. The van der Waals surface area contributed by atoms with E-state index in [0.717, 1.165) is 25.1 Å². The molecule has 1 saturated heterocycles. The summed E-state index contributed by atoms with van der Waals surface area (Å²) in [5.74, 6) is 0. The van der Waals surface area contributed by atoms with E-state index in [4.69, 9.17) is 0 Å². The topological polar surface area (TPSA) is 37.0 Å². The maximum absolute atomic E-state index is 4.35. The van der Waals surface area contributed by atoms with Gasteiger partial charge in [0, 0.05) is 35.6 Å². The lowest BCUT2D eigenvalue weighted by Crippen LogP contribution is -2.61. The van der Waals surface area contributed by atoms with Crippen LogP contribution in [-0.2, 0) is 6.54 Å². The predicted octanol–water partition coefficient (Wildman–Crippen LogP) is 2.79. The summed E-state index contributed by atoms with van der Waals surface area (Å²) in [6.45, 7) is 12.1. The van der Waals surface area contributed by atoms with Crippen molar-refractivity contribution in [2.75, 3.05) is 0 Å². The van der Waals surface area contributed by atoms with Crippen LogP contribution in [0.25, 0.3) is 0 Å². The summed E-state index contributed by atoms with van der Waals surface area (Å²) in [7, 11) is 0. The highest BCUT2D eigenvalue weighted by Gasteiger charge is 2.37. The van der Waals surface area contributed by atoms with Crippen LogP contribution in [0.1, 0.15) is 51.8 Å². The van der Waals surface area contributed by atoms with Crippen molar-refractivity contribution in [3.63, 3.8) is 0 Å². The SMILES string of the molecule is Cc1ncccc1CNC1CC(C)(C)NC(C)(C)C1. The molecule has 3 nitrogen and oxygen atoms in total. The molecule has 0 radical (unpaired) electrons. The molecule has 2 rings (SSSR count). The molecule has 1 aromatic heterocycles. The second-order valence-corrected chi connectivity index (χ2v) is 7.13. The summed E-state index contributed by atoms with van der Waals surface area (Å²) in [5, 5.41) is 7.43. The number of aryl methyl sites for hydroxylation is 1. The lowest BCUT2D eigenvalue weighted by Gasteiger charge is -2.46. The molecule has 0 aliphatic carbocycles. The molecule has 0 atom stereocenters. The molecule has 0 amide bonds. The van der Waals surface area contributed by atoms with Crippen LogP contribution in [-0.4, -0.2) is 22.1 Å². The van der Waals surface area contributed by atoms with E-state index < -0.39 is 0 Å². The van der Waals surface area contributed by atoms with Gasteiger partial charge in [0.1, 0.15) is 0 Å². The van der Waals surface area contributed by atoms with E-state index in [2.05, 4.69) is 56.3 Å². The summed E-state index contributed by atoms with van der Waals surface area (Å²) < 4.78 is 0. The fraction of sp³-hybridized carbons (Fsp3) is 0.688. The fourth-order valence-electron chi connectivity index (χ4n) is 3.43. The minimum atomic E-state index is 0.198. The Morgan fingerprint density at radius 1 is 1.26 bits per heavy atom. The molecular formula is C16H27N3. The number of piperidine rings is 1. The van der Waals surface area contributed by atoms with Crippen molar-refractivity contribution in [2.45, 2.75) is 71.1 Å². The maximum Gasteiger partial charge on any atom is 0.0417 e. The van der Waals surface area contributed by atoms with Crippen molar-refractivity contribution in [1.29, 1.82) is 0 Å². The average Bonchev–Trinajstić information content (AvgIpc) is 2.23. The highest BCUT2D eigenvalue weighted by molar-refractivity contribution is 5.18. The maximum atomic E-state index is 4.35. The second kappa shape index (κ2) is 5.22. The van der Waals surface area contributed by atoms with Crippen LogP contribution in [0, 0.1) is 6.92 Å². The number of hydrogen-bond acceptors (Lipinski definition) is 3. The molecule has 0 unspecified atom stereocenters. The van der Waals surface area contributed by atoms with Gasteiger partial charge in [-0.05, 0) is 59.1 Å². The zero-order chi connectivity index (χ0) is 14.1. The smallest absolute Gasteiger partial charge is 0.0417 e. The number of nitrogens with zero attached hydrogens (tertiary/aromatic N) is 1. The number of nitrogens with one attached hydrogen (secondary N) is 2. The normalized spacial score (nSPS) is 22.4. The molecule has 0 spiro atoms. The molecular weight excluding hydrogens is 234 g/mol. The van der Waals surface area contributed by atoms with Gasteiger partial charge in [0.2, 0.25) is 0 Å². The molecule has 1 fully saturated rings. The van der Waals surface area contributed by atoms with Crippen molar-refractivity contribution in [3.8, 4) is 0 Å². The van der Waals surface area contributed by atoms with Crippen LogP contribution >= 0.6 is 0 Å². The standard InChI is InChI=1S/C16H27N3/c1-12-13(7-6-8-17-12)11-18-14-9-15(2,3)19-16(4,5)10-14/h6-8,14,18-19H,9-11H2,1-5H3. The van der Waals surface area contributed by atoms with Gasteiger partial charge in [0.05, 0.1) is 0 Å². The third-order valence-corrected chi connectivity index (χ3v) is 3.89. The van der Waals surface area contributed by atoms with Gasteiger partial charge in [-0.2, -0.15) is 0 Å². The summed E-state index contributed by atoms with van der Waals surface area (Å²) in [4.78, 5) is 4.35. The lowest BCUT2D eigenvalue weighted by atomic mass is 9.79. The Morgan fingerprint density at radius 3 is 2.47 bits per heavy atom. The van der Waals surface area contributed by atoms with Gasteiger partial charge >= 0.3 is 0 Å². The summed E-state index contributed by atoms with van der Waals surface area (Å²) in [5.41, 5.74) is 2.83. The zero-order valence-electron chi connectivity index (χ0n) is 12.9. The van der Waals surface area contributed by atoms with Crippen molar-refractivity contribution in [3.05, 3.63) is 29.6 Å². The first-order valence-electron chi connectivity index (χ1n) is 7.21. The largest absolute Gasteiger partial charge is 0.310 e. The third kappa shape index (κ3) is 4.02. The van der Waals surface area contributed by atoms with Crippen LogP contribution in [0.5, 0.6) is 0 Å². The highest BCUT2D eigenvalue weighted by atomic mass is 15.1. The van der Waals surface area contributed by atoms with E-state index in [1.54, 1.807) is 0 Å². The van der Waals surface area contributed by atoms with E-state index in [9.17, 15) is 0 Å². The molecule has 0 bridgehead atoms. The van der Waals surface area contributed by atoms with Gasteiger partial charge in [-0.25, -0.2) is 0 Å². The molecule has 106 valence electrons. The Labute approximate surface area is 117 Å². The highest BCUT2D eigenvalue weighted by Crippen LogP contribution is 2.28. The second-order valence-electron chi connectivity index (χ2n) is 7.13.